The van der Waals surface area contributed by atoms with Crippen molar-refractivity contribution in [1.82, 2.24) is 13.8 Å². The van der Waals surface area contributed by atoms with Crippen LogP contribution in [0.3, 0.4) is 0 Å². The maximum absolute atomic E-state index is 12.6. The number of hydrogen-bond donors (Lipinski definition) is 0. The van der Waals surface area contributed by atoms with E-state index in [9.17, 15) is 13.2 Å². The molecule has 1 aliphatic rings. The third-order valence-corrected chi connectivity index (χ3v) is 5.98. The van der Waals surface area contributed by atoms with Gasteiger partial charge in [0.25, 0.3) is 0 Å². The van der Waals surface area contributed by atoms with Crippen molar-refractivity contribution >= 4 is 21.1 Å². The molecule has 8 heteroatoms. The molecule has 0 N–H and O–H groups in total. The molecule has 22 heavy (non-hydrogen) atoms. The normalized spacial score (nSPS) is 17.3. The number of benzene rings is 1. The molecule has 2 heterocycles. The van der Waals surface area contributed by atoms with Gasteiger partial charge >= 0.3 is 5.76 Å². The molecule has 1 aromatic heterocycles. The van der Waals surface area contributed by atoms with Crippen LogP contribution in [0, 0.1) is 0 Å². The molecule has 1 saturated heterocycles. The summed E-state index contributed by atoms with van der Waals surface area (Å²) in [5, 5.41) is 0. The molecule has 0 atom stereocenters. The Kier molecular flexibility index (Phi) is 3.62. The maximum Gasteiger partial charge on any atom is 0.419 e. The zero-order valence-electron chi connectivity index (χ0n) is 12.8. The number of oxazole rings is 1. The first-order chi connectivity index (χ1) is 10.3. The third kappa shape index (κ3) is 2.27. The van der Waals surface area contributed by atoms with Gasteiger partial charge in [-0.15, -0.1) is 0 Å². The SMILES string of the molecule is CCn1c(=O)oc2cc(S(=O)(=O)N3CC(N(C)C)C3)ccc21. The largest absolute Gasteiger partial charge is 0.419 e. The molecule has 0 unspecified atom stereocenters. The summed E-state index contributed by atoms with van der Waals surface area (Å²) in [6.45, 7) is 3.28. The highest BCUT2D eigenvalue weighted by Gasteiger charge is 2.37. The number of likely N-dealkylation sites (N-methyl/N-ethyl adjacent to an activating group) is 1. The second kappa shape index (κ2) is 5.22. The fourth-order valence-electron chi connectivity index (χ4n) is 2.60. The van der Waals surface area contributed by atoms with Crippen molar-refractivity contribution in [3.8, 4) is 0 Å². The van der Waals surface area contributed by atoms with Crippen LogP contribution in [0.25, 0.3) is 11.1 Å². The van der Waals surface area contributed by atoms with Gasteiger partial charge in [0.15, 0.2) is 5.58 Å². The Labute approximate surface area is 128 Å². The first-order valence-corrected chi connectivity index (χ1v) is 8.58. The molecule has 0 radical (unpaired) electrons. The van der Waals surface area contributed by atoms with Crippen molar-refractivity contribution in [1.29, 1.82) is 0 Å². The van der Waals surface area contributed by atoms with Gasteiger partial charge in [0.2, 0.25) is 10.0 Å². The lowest BCUT2D eigenvalue weighted by atomic mass is 10.2. The van der Waals surface area contributed by atoms with E-state index in [0.717, 1.165) is 0 Å². The summed E-state index contributed by atoms with van der Waals surface area (Å²) >= 11 is 0. The second-order valence-electron chi connectivity index (χ2n) is 5.68. The van der Waals surface area contributed by atoms with E-state index in [1.165, 1.54) is 21.0 Å². The number of aryl methyl sites for hydroxylation is 1. The van der Waals surface area contributed by atoms with E-state index in [1.807, 2.05) is 25.9 Å². The number of nitrogens with zero attached hydrogens (tertiary/aromatic N) is 3. The van der Waals surface area contributed by atoms with Crippen molar-refractivity contribution in [2.45, 2.75) is 24.4 Å². The molecule has 0 saturated carbocycles. The van der Waals surface area contributed by atoms with Crippen LogP contribution >= 0.6 is 0 Å². The predicted molar refractivity (Wildman–Crippen MR) is 82.4 cm³/mol. The van der Waals surface area contributed by atoms with Gasteiger partial charge in [-0.3, -0.25) is 4.57 Å². The molecule has 0 bridgehead atoms. The molecule has 1 aliphatic heterocycles. The zero-order valence-corrected chi connectivity index (χ0v) is 13.6. The molecule has 120 valence electrons. The Morgan fingerprint density at radius 2 is 2.00 bits per heavy atom. The minimum atomic E-state index is -3.54. The molecule has 1 aromatic carbocycles. The van der Waals surface area contributed by atoms with Crippen LogP contribution in [0.2, 0.25) is 0 Å². The van der Waals surface area contributed by atoms with E-state index in [0.29, 0.717) is 30.7 Å². The lowest BCUT2D eigenvalue weighted by molar-refractivity contribution is 0.134. The number of fused-ring (bicyclic) bond motifs is 1. The topological polar surface area (TPSA) is 75.8 Å². The summed E-state index contributed by atoms with van der Waals surface area (Å²) in [6, 6.07) is 4.83. The number of aromatic nitrogens is 1. The van der Waals surface area contributed by atoms with Crippen LogP contribution in [-0.4, -0.2) is 55.4 Å². The molecule has 1 fully saturated rings. The number of rotatable bonds is 4. The van der Waals surface area contributed by atoms with E-state index < -0.39 is 15.8 Å². The van der Waals surface area contributed by atoms with Crippen LogP contribution in [-0.2, 0) is 16.6 Å². The summed E-state index contributed by atoms with van der Waals surface area (Å²) in [7, 11) is 0.332. The van der Waals surface area contributed by atoms with Crippen LogP contribution in [0.15, 0.2) is 32.3 Å². The summed E-state index contributed by atoms with van der Waals surface area (Å²) in [4.78, 5) is 13.9. The summed E-state index contributed by atoms with van der Waals surface area (Å²) in [6.07, 6.45) is 0. The lowest BCUT2D eigenvalue weighted by Crippen LogP contribution is -2.58. The van der Waals surface area contributed by atoms with Crippen LogP contribution in [0.5, 0.6) is 0 Å². The van der Waals surface area contributed by atoms with E-state index in [-0.39, 0.29) is 10.9 Å². The number of sulfonamides is 1. The van der Waals surface area contributed by atoms with Crippen molar-refractivity contribution in [2.75, 3.05) is 27.2 Å². The minimum Gasteiger partial charge on any atom is -0.408 e. The minimum absolute atomic E-state index is 0.161. The van der Waals surface area contributed by atoms with Gasteiger partial charge in [0.05, 0.1) is 10.4 Å². The summed E-state index contributed by atoms with van der Waals surface area (Å²) < 4.78 is 33.2. The average molecular weight is 325 g/mol. The molecular formula is C14H19N3O4S. The fraction of sp³-hybridized carbons (Fsp3) is 0.500. The third-order valence-electron chi connectivity index (χ3n) is 4.15. The molecule has 7 nitrogen and oxygen atoms in total. The molecular weight excluding hydrogens is 306 g/mol. The Balaban J connectivity index is 1.95. The molecule has 0 amide bonds. The zero-order chi connectivity index (χ0) is 16.1. The van der Waals surface area contributed by atoms with E-state index in [4.69, 9.17) is 4.42 Å². The average Bonchev–Trinajstić information content (AvgIpc) is 2.70. The van der Waals surface area contributed by atoms with E-state index in [1.54, 1.807) is 6.07 Å². The Morgan fingerprint density at radius 1 is 1.32 bits per heavy atom. The first-order valence-electron chi connectivity index (χ1n) is 7.14. The molecule has 3 rings (SSSR count). The van der Waals surface area contributed by atoms with Crippen LogP contribution < -0.4 is 5.76 Å². The standard InChI is InChI=1S/C14H19N3O4S/c1-4-17-12-6-5-11(7-13(12)21-14(17)18)22(19,20)16-8-10(9-16)15(2)3/h5-7,10H,4,8-9H2,1-3H3. The van der Waals surface area contributed by atoms with Gasteiger partial charge in [-0.25, -0.2) is 13.2 Å². The summed E-state index contributed by atoms with van der Waals surface area (Å²) in [5.41, 5.74) is 0.916. The summed E-state index contributed by atoms with van der Waals surface area (Å²) in [5.74, 6) is -0.469. The van der Waals surface area contributed by atoms with Crippen molar-refractivity contribution in [2.24, 2.45) is 0 Å². The molecule has 2 aromatic rings. The van der Waals surface area contributed by atoms with Gasteiger partial charge < -0.3 is 9.32 Å². The van der Waals surface area contributed by atoms with Gasteiger partial charge in [-0.05, 0) is 33.2 Å². The van der Waals surface area contributed by atoms with Crippen molar-refractivity contribution in [3.63, 3.8) is 0 Å². The van der Waals surface area contributed by atoms with Gasteiger partial charge in [-0.2, -0.15) is 4.31 Å². The second-order valence-corrected chi connectivity index (χ2v) is 7.62. The first kappa shape index (κ1) is 15.3. The lowest BCUT2D eigenvalue weighted by Gasteiger charge is -2.41. The smallest absolute Gasteiger partial charge is 0.408 e. The fourth-order valence-corrected chi connectivity index (χ4v) is 4.13. The molecule has 0 spiro atoms. The van der Waals surface area contributed by atoms with Crippen molar-refractivity contribution in [3.05, 3.63) is 28.7 Å². The predicted octanol–water partition coefficient (Wildman–Crippen LogP) is 0.549. The highest BCUT2D eigenvalue weighted by molar-refractivity contribution is 7.89. The van der Waals surface area contributed by atoms with Crippen LogP contribution in [0.4, 0.5) is 0 Å². The van der Waals surface area contributed by atoms with Gasteiger partial charge in [0.1, 0.15) is 0 Å². The van der Waals surface area contributed by atoms with E-state index in [2.05, 4.69) is 0 Å². The highest BCUT2D eigenvalue weighted by Crippen LogP contribution is 2.26. The quantitative estimate of drug-likeness (QED) is 0.820. The van der Waals surface area contributed by atoms with Gasteiger partial charge in [-0.1, -0.05) is 0 Å². The van der Waals surface area contributed by atoms with E-state index >= 15 is 0 Å². The monoisotopic (exact) mass is 325 g/mol. The van der Waals surface area contributed by atoms with Crippen LogP contribution in [0.1, 0.15) is 6.92 Å². The van der Waals surface area contributed by atoms with Gasteiger partial charge in [0, 0.05) is 31.7 Å². The molecule has 0 aliphatic carbocycles. The Morgan fingerprint density at radius 3 is 2.59 bits per heavy atom. The number of hydrogen-bond acceptors (Lipinski definition) is 5. The Hall–Kier alpha value is -1.64. The maximum atomic E-state index is 12.6. The van der Waals surface area contributed by atoms with Crippen molar-refractivity contribution < 1.29 is 12.8 Å². The highest BCUT2D eigenvalue weighted by atomic mass is 32.2. The Bertz CT molecular complexity index is 860.